The van der Waals surface area contributed by atoms with Crippen LogP contribution in [0, 0.1) is 16.0 Å². The zero-order valence-corrected chi connectivity index (χ0v) is 15.4. The minimum Gasteiger partial charge on any atom is -0.312 e. The molecule has 2 aromatic rings. The number of carbonyl (C=O) groups is 2. The first-order chi connectivity index (χ1) is 13.5. The summed E-state index contributed by atoms with van der Waals surface area (Å²) in [6.07, 6.45) is 2.37. The first-order valence-electron chi connectivity index (χ1n) is 8.94. The van der Waals surface area contributed by atoms with Gasteiger partial charge in [0.25, 0.3) is 5.69 Å². The second kappa shape index (κ2) is 8.43. The van der Waals surface area contributed by atoms with Gasteiger partial charge in [0.15, 0.2) is 0 Å². The second-order valence-corrected chi connectivity index (χ2v) is 6.51. The van der Waals surface area contributed by atoms with Crippen LogP contribution in [0.5, 0.6) is 0 Å². The molecule has 8 nitrogen and oxygen atoms in total. The Hall–Kier alpha value is -3.55. The lowest BCUT2D eigenvalue weighted by Gasteiger charge is -2.16. The Morgan fingerprint density at radius 3 is 2.75 bits per heavy atom. The molecule has 1 N–H and O–H groups in total. The monoisotopic (exact) mass is 380 g/mol. The number of hydrogen-bond acceptors (Lipinski definition) is 5. The van der Waals surface area contributed by atoms with Gasteiger partial charge >= 0.3 is 0 Å². The molecule has 144 valence electrons. The number of anilines is 1. The van der Waals surface area contributed by atoms with Gasteiger partial charge in [0, 0.05) is 36.3 Å². The Kier molecular flexibility index (Phi) is 5.78. The topological polar surface area (TPSA) is 105 Å². The minimum absolute atomic E-state index is 0.0543. The van der Waals surface area contributed by atoms with Crippen LogP contribution in [0.3, 0.4) is 0 Å². The van der Waals surface area contributed by atoms with E-state index >= 15 is 0 Å². The fourth-order valence-electron chi connectivity index (χ4n) is 3.02. The van der Waals surface area contributed by atoms with Crippen molar-refractivity contribution >= 4 is 29.4 Å². The van der Waals surface area contributed by atoms with E-state index in [2.05, 4.69) is 17.5 Å². The summed E-state index contributed by atoms with van der Waals surface area (Å²) in [4.78, 5) is 36.5. The van der Waals surface area contributed by atoms with Gasteiger partial charge in [-0.3, -0.25) is 19.7 Å². The molecule has 0 unspecified atom stereocenters. The number of amides is 2. The highest BCUT2D eigenvalue weighted by molar-refractivity contribution is 6.00. The number of nitro groups is 1. The smallest absolute Gasteiger partial charge is 0.270 e. The van der Waals surface area contributed by atoms with E-state index in [1.165, 1.54) is 23.9 Å². The molecule has 28 heavy (non-hydrogen) atoms. The number of benzene rings is 2. The number of non-ortho nitro benzene ring substituents is 1. The third kappa shape index (κ3) is 4.40. The van der Waals surface area contributed by atoms with Gasteiger partial charge in [-0.25, -0.2) is 5.43 Å². The van der Waals surface area contributed by atoms with E-state index in [1.807, 2.05) is 24.3 Å². The Balaban J connectivity index is 1.60. The molecule has 0 aliphatic carbocycles. The largest absolute Gasteiger partial charge is 0.312 e. The van der Waals surface area contributed by atoms with E-state index in [0.717, 1.165) is 12.1 Å². The predicted molar refractivity (Wildman–Crippen MR) is 105 cm³/mol. The summed E-state index contributed by atoms with van der Waals surface area (Å²) < 4.78 is 0. The van der Waals surface area contributed by atoms with E-state index in [-0.39, 0.29) is 23.9 Å². The van der Waals surface area contributed by atoms with Crippen molar-refractivity contribution in [2.75, 3.05) is 11.4 Å². The average molecular weight is 380 g/mol. The lowest BCUT2D eigenvalue weighted by molar-refractivity contribution is -0.384. The standard InChI is InChI=1S/C20H20N4O4/c1-2-14-6-8-17(9-7-14)23-13-16(11-19(23)25)20(26)22-21-12-15-4-3-5-18(10-15)24(27)28/h3-10,12,16H,2,11,13H2,1H3,(H,22,26)/b21-12-/t16-/m0/s1. The molecule has 2 aromatic carbocycles. The first-order valence-corrected chi connectivity index (χ1v) is 8.94. The number of rotatable bonds is 6. The Labute approximate surface area is 162 Å². The molecule has 1 saturated heterocycles. The number of nitro benzene ring substituents is 1. The van der Waals surface area contributed by atoms with Crippen LogP contribution in [0.4, 0.5) is 11.4 Å². The number of carbonyl (C=O) groups excluding carboxylic acids is 2. The van der Waals surface area contributed by atoms with E-state index in [4.69, 9.17) is 0 Å². The molecule has 0 radical (unpaired) electrons. The predicted octanol–water partition coefficient (Wildman–Crippen LogP) is 2.66. The summed E-state index contributed by atoms with van der Waals surface area (Å²) in [6.45, 7) is 2.35. The van der Waals surface area contributed by atoms with Gasteiger partial charge in [-0.15, -0.1) is 0 Å². The van der Waals surface area contributed by atoms with Gasteiger partial charge in [0.05, 0.1) is 17.1 Å². The molecule has 1 atom stereocenters. The van der Waals surface area contributed by atoms with Crippen molar-refractivity contribution in [3.05, 3.63) is 69.8 Å². The van der Waals surface area contributed by atoms with Gasteiger partial charge in [-0.05, 0) is 24.1 Å². The van der Waals surface area contributed by atoms with Crippen molar-refractivity contribution in [1.82, 2.24) is 5.43 Å². The number of hydrogen-bond donors (Lipinski definition) is 1. The highest BCUT2D eigenvalue weighted by Gasteiger charge is 2.35. The highest BCUT2D eigenvalue weighted by atomic mass is 16.6. The van der Waals surface area contributed by atoms with E-state index < -0.39 is 10.8 Å². The van der Waals surface area contributed by atoms with Crippen LogP contribution < -0.4 is 10.3 Å². The minimum atomic E-state index is -0.499. The van der Waals surface area contributed by atoms with Crippen molar-refractivity contribution in [2.45, 2.75) is 19.8 Å². The van der Waals surface area contributed by atoms with Gasteiger partial charge in [0.1, 0.15) is 0 Å². The van der Waals surface area contributed by atoms with Crippen molar-refractivity contribution < 1.29 is 14.5 Å². The maximum absolute atomic E-state index is 12.3. The molecule has 0 bridgehead atoms. The summed E-state index contributed by atoms with van der Waals surface area (Å²) in [5.41, 5.74) is 4.81. The molecule has 0 aromatic heterocycles. The Bertz CT molecular complexity index is 924. The highest BCUT2D eigenvalue weighted by Crippen LogP contribution is 2.25. The van der Waals surface area contributed by atoms with Gasteiger partial charge < -0.3 is 4.90 Å². The van der Waals surface area contributed by atoms with Crippen LogP contribution >= 0.6 is 0 Å². The van der Waals surface area contributed by atoms with Gasteiger partial charge in [-0.2, -0.15) is 5.10 Å². The van der Waals surface area contributed by atoms with Crippen LogP contribution in [0.25, 0.3) is 0 Å². The lowest BCUT2D eigenvalue weighted by atomic mass is 10.1. The van der Waals surface area contributed by atoms with E-state index in [9.17, 15) is 19.7 Å². The summed E-state index contributed by atoms with van der Waals surface area (Å²) >= 11 is 0. The zero-order chi connectivity index (χ0) is 20.1. The van der Waals surface area contributed by atoms with E-state index in [0.29, 0.717) is 12.1 Å². The van der Waals surface area contributed by atoms with Crippen molar-refractivity contribution in [3.8, 4) is 0 Å². The maximum Gasteiger partial charge on any atom is 0.270 e. The first kappa shape index (κ1) is 19.2. The number of nitrogens with zero attached hydrogens (tertiary/aromatic N) is 3. The molecule has 1 aliphatic heterocycles. The molecule has 0 spiro atoms. The number of hydrazone groups is 1. The van der Waals surface area contributed by atoms with Crippen LogP contribution in [0.15, 0.2) is 53.6 Å². The molecular weight excluding hydrogens is 360 g/mol. The fourth-order valence-corrected chi connectivity index (χ4v) is 3.02. The Morgan fingerprint density at radius 1 is 1.32 bits per heavy atom. The summed E-state index contributed by atoms with van der Waals surface area (Å²) in [7, 11) is 0. The van der Waals surface area contributed by atoms with Crippen LogP contribution in [-0.2, 0) is 16.0 Å². The third-order valence-electron chi connectivity index (χ3n) is 4.62. The van der Waals surface area contributed by atoms with E-state index in [1.54, 1.807) is 17.0 Å². The zero-order valence-electron chi connectivity index (χ0n) is 15.4. The summed E-state index contributed by atoms with van der Waals surface area (Å²) in [5.74, 6) is -0.963. The van der Waals surface area contributed by atoms with Gasteiger partial charge in [0.2, 0.25) is 11.8 Å². The lowest BCUT2D eigenvalue weighted by Crippen LogP contribution is -2.30. The molecule has 1 heterocycles. The fraction of sp³-hybridized carbons (Fsp3) is 0.250. The third-order valence-corrected chi connectivity index (χ3v) is 4.62. The SMILES string of the molecule is CCc1ccc(N2C[C@@H](C(=O)N/N=C\c3cccc([N+](=O)[O-])c3)CC2=O)cc1. The van der Waals surface area contributed by atoms with Crippen LogP contribution in [-0.4, -0.2) is 29.5 Å². The Morgan fingerprint density at radius 2 is 2.07 bits per heavy atom. The molecule has 3 rings (SSSR count). The van der Waals surface area contributed by atoms with Gasteiger partial charge in [-0.1, -0.05) is 31.2 Å². The maximum atomic E-state index is 12.3. The number of nitrogens with one attached hydrogen (secondary N) is 1. The second-order valence-electron chi connectivity index (χ2n) is 6.51. The molecule has 0 saturated carbocycles. The van der Waals surface area contributed by atoms with Crippen LogP contribution in [0.1, 0.15) is 24.5 Å². The molecule has 1 aliphatic rings. The molecule has 1 fully saturated rings. The quantitative estimate of drug-likeness (QED) is 0.472. The summed E-state index contributed by atoms with van der Waals surface area (Å²) in [6, 6.07) is 13.6. The number of aryl methyl sites for hydroxylation is 1. The van der Waals surface area contributed by atoms with Crippen molar-refractivity contribution in [2.24, 2.45) is 11.0 Å². The molecule has 2 amide bonds. The molecular formula is C20H20N4O4. The normalized spacial score (nSPS) is 16.5. The van der Waals surface area contributed by atoms with Crippen molar-refractivity contribution in [1.29, 1.82) is 0 Å². The van der Waals surface area contributed by atoms with Crippen LogP contribution in [0.2, 0.25) is 0 Å². The average Bonchev–Trinajstić information content (AvgIpc) is 3.10. The van der Waals surface area contributed by atoms with Crippen molar-refractivity contribution in [3.63, 3.8) is 0 Å². The molecule has 8 heteroatoms. The summed E-state index contributed by atoms with van der Waals surface area (Å²) in [5, 5.41) is 14.6.